The topological polar surface area (TPSA) is 89.3 Å². The molecule has 1 saturated carbocycles. The number of alkyl carbamates (subject to hydrolysis) is 1. The van der Waals surface area contributed by atoms with E-state index in [1.807, 2.05) is 25.9 Å². The first-order valence-electron chi connectivity index (χ1n) is 14.1. The maximum absolute atomic E-state index is 12.5. The number of carbonyl (C=O) groups excluding carboxylic acids is 1. The van der Waals surface area contributed by atoms with Crippen molar-refractivity contribution < 1.29 is 23.4 Å². The van der Waals surface area contributed by atoms with Crippen LogP contribution in [0.25, 0.3) is 11.3 Å². The van der Waals surface area contributed by atoms with Gasteiger partial charge in [-0.3, -0.25) is 0 Å². The van der Waals surface area contributed by atoms with E-state index in [9.17, 15) is 4.79 Å². The van der Waals surface area contributed by atoms with Crippen LogP contribution in [0.2, 0.25) is 0 Å². The van der Waals surface area contributed by atoms with Gasteiger partial charge in [0, 0.05) is 48.5 Å². The van der Waals surface area contributed by atoms with Crippen LogP contribution in [-0.4, -0.2) is 79.6 Å². The Morgan fingerprint density at radius 3 is 2.72 bits per heavy atom. The third-order valence-corrected chi connectivity index (χ3v) is 8.08. The minimum absolute atomic E-state index is 0.0899. The number of benzene rings is 1. The van der Waals surface area contributed by atoms with Crippen LogP contribution in [0.5, 0.6) is 0 Å². The van der Waals surface area contributed by atoms with Crippen LogP contribution >= 0.6 is 11.9 Å². The molecular formula is C29H44N4O5S. The Hall–Kier alpha value is -2.11. The fraction of sp³-hybridized carbons (Fsp3) is 0.655. The van der Waals surface area contributed by atoms with Crippen molar-refractivity contribution in [3.05, 3.63) is 36.4 Å². The predicted octanol–water partition coefficient (Wildman–Crippen LogP) is 5.27. The summed E-state index contributed by atoms with van der Waals surface area (Å²) in [6.45, 7) is 10.7. The Balaban J connectivity index is 1.20. The Labute approximate surface area is 237 Å². The van der Waals surface area contributed by atoms with Gasteiger partial charge in [-0.2, -0.15) is 0 Å². The first-order chi connectivity index (χ1) is 18.8. The highest BCUT2D eigenvalue weighted by atomic mass is 32.2. The standard InChI is InChI=1S/C29H44N4O5S/c1-6-35-28-23-12-13-25(24(23)19-36-28)38-29(34)30-14-7-15-33(17-20(2)3)39-22-10-8-21(9-11-22)26-16-31-27(37-26)18-32(4)5/h8-11,16,20,23-25,28H,6-7,12-15,17-19H2,1-5H3,(H,30,34). The molecule has 4 rings (SSSR count). The molecule has 0 bridgehead atoms. The van der Waals surface area contributed by atoms with Gasteiger partial charge in [-0.25, -0.2) is 14.1 Å². The first-order valence-corrected chi connectivity index (χ1v) is 14.9. The molecule has 10 heteroatoms. The zero-order valence-electron chi connectivity index (χ0n) is 23.9. The van der Waals surface area contributed by atoms with Crippen LogP contribution in [0.4, 0.5) is 4.79 Å². The molecule has 1 amide bonds. The van der Waals surface area contributed by atoms with Gasteiger partial charge in [0.15, 0.2) is 12.1 Å². The van der Waals surface area contributed by atoms with E-state index in [0.29, 0.717) is 44.0 Å². The van der Waals surface area contributed by atoms with Crippen LogP contribution in [0, 0.1) is 17.8 Å². The molecule has 4 unspecified atom stereocenters. The van der Waals surface area contributed by atoms with E-state index in [-0.39, 0.29) is 24.4 Å². The van der Waals surface area contributed by atoms with Gasteiger partial charge < -0.3 is 28.8 Å². The minimum Gasteiger partial charge on any atom is -0.446 e. The molecule has 1 aliphatic carbocycles. The lowest BCUT2D eigenvalue weighted by Crippen LogP contribution is -2.34. The van der Waals surface area contributed by atoms with Crippen molar-refractivity contribution in [1.82, 2.24) is 19.5 Å². The second-order valence-corrected chi connectivity index (χ2v) is 12.2. The van der Waals surface area contributed by atoms with E-state index in [1.54, 1.807) is 18.1 Å². The van der Waals surface area contributed by atoms with Crippen LogP contribution < -0.4 is 5.32 Å². The molecule has 2 aromatic rings. The third kappa shape index (κ3) is 8.69. The van der Waals surface area contributed by atoms with E-state index in [1.165, 1.54) is 4.90 Å². The number of oxazole rings is 1. The predicted molar refractivity (Wildman–Crippen MR) is 152 cm³/mol. The van der Waals surface area contributed by atoms with Crippen molar-refractivity contribution >= 4 is 18.0 Å². The number of fused-ring (bicyclic) bond motifs is 1. The number of amides is 1. The Kier molecular flexibility index (Phi) is 11.1. The quantitative estimate of drug-likeness (QED) is 0.245. The second-order valence-electron chi connectivity index (χ2n) is 11.0. The minimum atomic E-state index is -0.333. The lowest BCUT2D eigenvalue weighted by molar-refractivity contribution is -0.128. The van der Waals surface area contributed by atoms with Crippen molar-refractivity contribution in [3.8, 4) is 11.3 Å². The number of hydrogen-bond donors (Lipinski definition) is 1. The van der Waals surface area contributed by atoms with Gasteiger partial charge in [0.05, 0.1) is 19.3 Å². The number of rotatable bonds is 14. The van der Waals surface area contributed by atoms with Gasteiger partial charge >= 0.3 is 6.09 Å². The number of nitrogens with one attached hydrogen (secondary N) is 1. The summed E-state index contributed by atoms with van der Waals surface area (Å²) >= 11 is 1.74. The molecule has 1 aliphatic heterocycles. The SMILES string of the molecule is CCOC1OCC2C(OC(=O)NCCCN(CC(C)C)Sc3ccc(-c4cnc(CN(C)C)o4)cc3)CCC12. The van der Waals surface area contributed by atoms with E-state index < -0.39 is 0 Å². The maximum Gasteiger partial charge on any atom is 0.407 e. The number of aromatic nitrogens is 1. The van der Waals surface area contributed by atoms with Crippen molar-refractivity contribution in [1.29, 1.82) is 0 Å². The number of ether oxygens (including phenoxy) is 3. The molecule has 4 atom stereocenters. The molecule has 0 radical (unpaired) electrons. The average molecular weight is 561 g/mol. The summed E-state index contributed by atoms with van der Waals surface area (Å²) in [5, 5.41) is 2.95. The largest absolute Gasteiger partial charge is 0.446 e. The maximum atomic E-state index is 12.5. The van der Waals surface area contributed by atoms with Gasteiger partial charge in [-0.05, 0) is 70.3 Å². The molecule has 2 fully saturated rings. The van der Waals surface area contributed by atoms with E-state index in [2.05, 4.69) is 52.7 Å². The monoisotopic (exact) mass is 560 g/mol. The van der Waals surface area contributed by atoms with Gasteiger partial charge in [0.1, 0.15) is 6.10 Å². The van der Waals surface area contributed by atoms with Gasteiger partial charge in [-0.1, -0.05) is 26.0 Å². The van der Waals surface area contributed by atoms with Crippen molar-refractivity contribution in [2.24, 2.45) is 17.8 Å². The molecule has 9 nitrogen and oxygen atoms in total. The highest BCUT2D eigenvalue weighted by Gasteiger charge is 2.48. The number of hydrogen-bond acceptors (Lipinski definition) is 9. The molecule has 2 aliphatic rings. The molecule has 1 aromatic carbocycles. The normalized spacial score (nSPS) is 22.7. The van der Waals surface area contributed by atoms with Crippen molar-refractivity contribution in [2.75, 3.05) is 46.9 Å². The van der Waals surface area contributed by atoms with E-state index in [0.717, 1.165) is 43.7 Å². The van der Waals surface area contributed by atoms with Crippen LogP contribution in [0.15, 0.2) is 39.8 Å². The summed E-state index contributed by atoms with van der Waals surface area (Å²) in [4.78, 5) is 20.0. The van der Waals surface area contributed by atoms with E-state index >= 15 is 0 Å². The molecule has 1 N–H and O–H groups in total. The summed E-state index contributed by atoms with van der Waals surface area (Å²) in [5.74, 6) is 2.59. The summed E-state index contributed by atoms with van der Waals surface area (Å²) in [6, 6.07) is 8.39. The summed E-state index contributed by atoms with van der Waals surface area (Å²) in [6.07, 6.45) is 3.90. The Bertz CT molecular complexity index is 1030. The summed E-state index contributed by atoms with van der Waals surface area (Å²) in [5.41, 5.74) is 1.01. The lowest BCUT2D eigenvalue weighted by Gasteiger charge is -2.23. The van der Waals surface area contributed by atoms with Gasteiger partial charge in [-0.15, -0.1) is 0 Å². The second kappa shape index (κ2) is 14.5. The third-order valence-electron chi connectivity index (χ3n) is 7.00. The fourth-order valence-electron chi connectivity index (χ4n) is 5.26. The Morgan fingerprint density at radius 2 is 2.00 bits per heavy atom. The average Bonchev–Trinajstić information content (AvgIpc) is 3.61. The molecule has 0 spiro atoms. The molecule has 1 aromatic heterocycles. The zero-order valence-corrected chi connectivity index (χ0v) is 24.7. The molecule has 1 saturated heterocycles. The molecule has 216 valence electrons. The van der Waals surface area contributed by atoms with Crippen molar-refractivity contribution in [3.63, 3.8) is 0 Å². The smallest absolute Gasteiger partial charge is 0.407 e. The van der Waals surface area contributed by atoms with Crippen LogP contribution in [0.3, 0.4) is 0 Å². The zero-order chi connectivity index (χ0) is 27.8. The summed E-state index contributed by atoms with van der Waals surface area (Å²) < 4.78 is 25.5. The highest BCUT2D eigenvalue weighted by Crippen LogP contribution is 2.42. The number of nitrogens with zero attached hydrogens (tertiary/aromatic N) is 3. The van der Waals surface area contributed by atoms with E-state index in [4.69, 9.17) is 18.6 Å². The molecule has 39 heavy (non-hydrogen) atoms. The fourth-order valence-corrected chi connectivity index (χ4v) is 6.41. The van der Waals surface area contributed by atoms with Gasteiger partial charge in [0.2, 0.25) is 5.89 Å². The number of carbonyl (C=O) groups is 1. The molecular weight excluding hydrogens is 516 g/mol. The summed E-state index contributed by atoms with van der Waals surface area (Å²) in [7, 11) is 3.99. The van der Waals surface area contributed by atoms with Crippen molar-refractivity contribution in [2.45, 2.75) is 63.9 Å². The van der Waals surface area contributed by atoms with Gasteiger partial charge in [0.25, 0.3) is 0 Å². The highest BCUT2D eigenvalue weighted by molar-refractivity contribution is 7.97. The molecule has 2 heterocycles. The Morgan fingerprint density at radius 1 is 1.21 bits per heavy atom. The first kappa shape index (κ1) is 29.9. The lowest BCUT2D eigenvalue weighted by atomic mass is 9.98. The van der Waals surface area contributed by atoms with Crippen LogP contribution in [-0.2, 0) is 20.8 Å². The van der Waals surface area contributed by atoms with Crippen LogP contribution in [0.1, 0.15) is 45.9 Å².